The number of carboxylic acids is 1. The number of hydrogen-bond acceptors (Lipinski definition) is 4. The first-order chi connectivity index (χ1) is 13.3. The van der Waals surface area contributed by atoms with Crippen LogP contribution in [0.3, 0.4) is 0 Å². The molecule has 4 N–H and O–H groups in total. The van der Waals surface area contributed by atoms with Gasteiger partial charge >= 0.3 is 5.97 Å². The van der Waals surface area contributed by atoms with Gasteiger partial charge in [-0.25, -0.2) is 18.4 Å². The highest BCUT2D eigenvalue weighted by molar-refractivity contribution is 7.89. The average Bonchev–Trinajstić information content (AvgIpc) is 2.66. The van der Waals surface area contributed by atoms with Crippen LogP contribution in [0.4, 0.5) is 5.69 Å². The summed E-state index contributed by atoms with van der Waals surface area (Å²) in [7, 11) is -4.13. The van der Waals surface area contributed by atoms with Gasteiger partial charge in [-0.1, -0.05) is 66.2 Å². The van der Waals surface area contributed by atoms with Crippen molar-refractivity contribution in [1.82, 2.24) is 0 Å². The first-order valence-corrected chi connectivity index (χ1v) is 10.2. The van der Waals surface area contributed by atoms with Crippen LogP contribution in [0.1, 0.15) is 15.9 Å². The predicted molar refractivity (Wildman–Crippen MR) is 109 cm³/mol. The van der Waals surface area contributed by atoms with E-state index in [9.17, 15) is 18.3 Å². The number of nitrogens with one attached hydrogen (secondary N) is 1. The molecule has 0 radical (unpaired) electrons. The quantitative estimate of drug-likeness (QED) is 0.563. The molecule has 3 aromatic carbocycles. The number of carbonyl (C=O) groups is 1. The standard InChI is InChI=1S/C20H17ClN2O4S/c21-17-11-18(16(20(24)25)10-19(17)28(22,26)27)23-12-13-6-8-15(9-7-13)14-4-2-1-3-5-14/h1-11,23H,12H2,(H,24,25)(H2,22,26,27). The van der Waals surface area contributed by atoms with Gasteiger partial charge in [-0.2, -0.15) is 0 Å². The van der Waals surface area contributed by atoms with Gasteiger partial charge in [0.1, 0.15) is 4.90 Å². The van der Waals surface area contributed by atoms with E-state index >= 15 is 0 Å². The van der Waals surface area contributed by atoms with Crippen LogP contribution in [-0.2, 0) is 16.6 Å². The molecule has 28 heavy (non-hydrogen) atoms. The topological polar surface area (TPSA) is 109 Å². The molecule has 0 saturated heterocycles. The van der Waals surface area contributed by atoms with Crippen LogP contribution >= 0.6 is 11.6 Å². The molecule has 0 amide bonds. The van der Waals surface area contributed by atoms with E-state index in [-0.39, 0.29) is 16.3 Å². The Morgan fingerprint density at radius 2 is 1.61 bits per heavy atom. The molecule has 3 aromatic rings. The molecule has 0 bridgehead atoms. The van der Waals surface area contributed by atoms with E-state index in [0.29, 0.717) is 6.54 Å². The molecule has 0 fully saturated rings. The molecule has 0 saturated carbocycles. The number of sulfonamides is 1. The molecule has 8 heteroatoms. The van der Waals surface area contributed by atoms with E-state index in [0.717, 1.165) is 22.8 Å². The van der Waals surface area contributed by atoms with E-state index in [1.54, 1.807) is 0 Å². The first-order valence-electron chi connectivity index (χ1n) is 8.23. The lowest BCUT2D eigenvalue weighted by Crippen LogP contribution is -2.15. The van der Waals surface area contributed by atoms with Crippen molar-refractivity contribution in [3.05, 3.63) is 82.9 Å². The van der Waals surface area contributed by atoms with E-state index in [1.807, 2.05) is 54.6 Å². The molecular weight excluding hydrogens is 400 g/mol. The molecule has 0 aliphatic rings. The Hall–Kier alpha value is -2.87. The van der Waals surface area contributed by atoms with Gasteiger partial charge in [0.25, 0.3) is 0 Å². The summed E-state index contributed by atoms with van der Waals surface area (Å²) in [6.07, 6.45) is 0. The van der Waals surface area contributed by atoms with Crippen molar-refractivity contribution in [2.45, 2.75) is 11.4 Å². The SMILES string of the molecule is NS(=O)(=O)c1cc(C(=O)O)c(NCc2ccc(-c3ccccc3)cc2)cc1Cl. The van der Waals surface area contributed by atoms with Gasteiger partial charge < -0.3 is 10.4 Å². The molecule has 0 aromatic heterocycles. The van der Waals surface area contributed by atoms with Gasteiger partial charge in [-0.3, -0.25) is 0 Å². The predicted octanol–water partition coefficient (Wildman–Crippen LogP) is 3.96. The Bertz CT molecular complexity index is 1110. The highest BCUT2D eigenvalue weighted by atomic mass is 35.5. The van der Waals surface area contributed by atoms with Gasteiger partial charge in [0.05, 0.1) is 16.3 Å². The second-order valence-electron chi connectivity index (χ2n) is 6.09. The van der Waals surface area contributed by atoms with Crippen molar-refractivity contribution < 1.29 is 18.3 Å². The van der Waals surface area contributed by atoms with Gasteiger partial charge in [-0.05, 0) is 28.8 Å². The highest BCUT2D eigenvalue weighted by Crippen LogP contribution is 2.29. The van der Waals surface area contributed by atoms with Crippen molar-refractivity contribution in [2.75, 3.05) is 5.32 Å². The molecule has 0 aliphatic carbocycles. The molecule has 3 rings (SSSR count). The van der Waals surface area contributed by atoms with Gasteiger partial charge in [0.15, 0.2) is 0 Å². The minimum atomic E-state index is -4.13. The van der Waals surface area contributed by atoms with Gasteiger partial charge in [-0.15, -0.1) is 0 Å². The number of aromatic carboxylic acids is 1. The average molecular weight is 417 g/mol. The highest BCUT2D eigenvalue weighted by Gasteiger charge is 2.20. The lowest BCUT2D eigenvalue weighted by atomic mass is 10.0. The fraction of sp³-hybridized carbons (Fsp3) is 0.0500. The summed E-state index contributed by atoms with van der Waals surface area (Å²) in [5.41, 5.74) is 3.06. The fourth-order valence-corrected chi connectivity index (χ4v) is 3.84. The smallest absolute Gasteiger partial charge is 0.337 e. The van der Waals surface area contributed by atoms with Gasteiger partial charge in [0.2, 0.25) is 10.0 Å². The number of benzene rings is 3. The molecule has 144 valence electrons. The van der Waals surface area contributed by atoms with Crippen molar-refractivity contribution >= 4 is 33.3 Å². The number of primary sulfonamides is 1. The molecule has 6 nitrogen and oxygen atoms in total. The van der Waals surface area contributed by atoms with Crippen molar-refractivity contribution in [1.29, 1.82) is 0 Å². The molecular formula is C20H17ClN2O4S. The fourth-order valence-electron chi connectivity index (χ4n) is 2.74. The third-order valence-corrected chi connectivity index (χ3v) is 5.53. The maximum atomic E-state index is 11.5. The third kappa shape index (κ3) is 4.51. The maximum Gasteiger partial charge on any atom is 0.337 e. The van der Waals surface area contributed by atoms with Crippen LogP contribution < -0.4 is 10.5 Å². The molecule has 0 atom stereocenters. The van der Waals surface area contributed by atoms with E-state index < -0.39 is 20.9 Å². The first kappa shape index (κ1) is 19.9. The van der Waals surface area contributed by atoms with E-state index in [4.69, 9.17) is 16.7 Å². The Kier molecular flexibility index (Phi) is 5.69. The summed E-state index contributed by atoms with van der Waals surface area (Å²) >= 11 is 5.97. The summed E-state index contributed by atoms with van der Waals surface area (Å²) < 4.78 is 23.1. The minimum Gasteiger partial charge on any atom is -0.478 e. The minimum absolute atomic E-state index is 0.144. The Balaban J connectivity index is 1.82. The monoisotopic (exact) mass is 416 g/mol. The van der Waals surface area contributed by atoms with Gasteiger partial charge in [0, 0.05) is 6.54 Å². The lowest BCUT2D eigenvalue weighted by Gasteiger charge is -2.13. The Morgan fingerprint density at radius 1 is 1.00 bits per heavy atom. The van der Waals surface area contributed by atoms with Crippen LogP contribution in [0.2, 0.25) is 5.02 Å². The summed E-state index contributed by atoms with van der Waals surface area (Å²) in [6, 6.07) is 19.9. The summed E-state index contributed by atoms with van der Waals surface area (Å²) in [6.45, 7) is 0.334. The van der Waals surface area contributed by atoms with Crippen LogP contribution in [0.5, 0.6) is 0 Å². The van der Waals surface area contributed by atoms with Crippen LogP contribution in [0.25, 0.3) is 11.1 Å². The zero-order chi connectivity index (χ0) is 20.3. The number of carboxylic acid groups (broad SMARTS) is 1. The number of rotatable bonds is 6. The van der Waals surface area contributed by atoms with E-state index in [2.05, 4.69) is 5.32 Å². The molecule has 0 aliphatic heterocycles. The Labute approximate surface area is 167 Å². The number of anilines is 1. The lowest BCUT2D eigenvalue weighted by molar-refractivity contribution is 0.0697. The zero-order valence-corrected chi connectivity index (χ0v) is 16.2. The largest absolute Gasteiger partial charge is 0.478 e. The molecule has 0 heterocycles. The molecule has 0 spiro atoms. The number of hydrogen-bond donors (Lipinski definition) is 3. The van der Waals surface area contributed by atoms with Crippen LogP contribution in [0.15, 0.2) is 71.6 Å². The zero-order valence-electron chi connectivity index (χ0n) is 14.6. The molecule has 0 unspecified atom stereocenters. The van der Waals surface area contributed by atoms with Crippen LogP contribution in [0, 0.1) is 0 Å². The summed E-state index contributed by atoms with van der Waals surface area (Å²) in [5.74, 6) is -1.29. The van der Waals surface area contributed by atoms with Crippen LogP contribution in [-0.4, -0.2) is 19.5 Å². The van der Waals surface area contributed by atoms with E-state index in [1.165, 1.54) is 6.07 Å². The number of halogens is 1. The summed E-state index contributed by atoms with van der Waals surface area (Å²) in [4.78, 5) is 11.1. The van der Waals surface area contributed by atoms with Crippen molar-refractivity contribution in [3.63, 3.8) is 0 Å². The summed E-state index contributed by atoms with van der Waals surface area (Å²) in [5, 5.41) is 17.3. The second kappa shape index (κ2) is 8.02. The third-order valence-electron chi connectivity index (χ3n) is 4.15. The second-order valence-corrected chi connectivity index (χ2v) is 8.03. The maximum absolute atomic E-state index is 11.5. The number of nitrogens with two attached hydrogens (primary N) is 1. The Morgan fingerprint density at radius 3 is 2.18 bits per heavy atom. The van der Waals surface area contributed by atoms with Crippen molar-refractivity contribution in [3.8, 4) is 11.1 Å². The normalized spacial score (nSPS) is 11.2. The van der Waals surface area contributed by atoms with Crippen molar-refractivity contribution in [2.24, 2.45) is 5.14 Å².